The number of aliphatic hydroxyl groups excluding tert-OH is 1. The molecule has 0 radical (unpaired) electrons. The number of carbonyl (C=O) groups is 1. The van der Waals surface area contributed by atoms with Gasteiger partial charge in [-0.15, -0.1) is 0 Å². The Morgan fingerprint density at radius 1 is 1.21 bits per heavy atom. The Balaban J connectivity index is 1.90. The Bertz CT molecular complexity index is 814. The summed E-state index contributed by atoms with van der Waals surface area (Å²) in [5, 5.41) is 9.38. The third kappa shape index (κ3) is 3.46. The Morgan fingerprint density at radius 3 is 2.71 bits per heavy atom. The third-order valence-electron chi connectivity index (χ3n) is 3.98. The molecule has 1 unspecified atom stereocenters. The molecule has 3 rings (SSSR count). The molecule has 2 aromatic heterocycles. The molecule has 5 nitrogen and oxygen atoms in total. The third-order valence-corrected chi connectivity index (χ3v) is 3.98. The average molecular weight is 323 g/mol. The topological polar surface area (TPSA) is 57.8 Å². The van der Waals surface area contributed by atoms with Gasteiger partial charge in [-0.05, 0) is 23.6 Å². The van der Waals surface area contributed by atoms with Crippen LogP contribution in [0.15, 0.2) is 60.9 Å². The van der Waals surface area contributed by atoms with Gasteiger partial charge in [0.05, 0.1) is 6.20 Å². The molecule has 1 atom stereocenters. The van der Waals surface area contributed by atoms with Gasteiger partial charge in [-0.2, -0.15) is 0 Å². The number of rotatable bonds is 6. The highest BCUT2D eigenvalue weighted by Gasteiger charge is 2.21. The maximum Gasteiger partial charge on any atom is 0.272 e. The number of pyridine rings is 1. The highest BCUT2D eigenvalue weighted by Crippen LogP contribution is 2.14. The van der Waals surface area contributed by atoms with Gasteiger partial charge in [0.1, 0.15) is 11.3 Å². The summed E-state index contributed by atoms with van der Waals surface area (Å²) in [6.45, 7) is 2.97. The smallest absolute Gasteiger partial charge is 0.272 e. The molecule has 124 valence electrons. The van der Waals surface area contributed by atoms with Crippen molar-refractivity contribution < 1.29 is 9.90 Å². The average Bonchev–Trinajstić information content (AvgIpc) is 3.05. The lowest BCUT2D eigenvalue weighted by atomic mass is 10.1. The summed E-state index contributed by atoms with van der Waals surface area (Å²) in [7, 11) is 0. The van der Waals surface area contributed by atoms with E-state index in [4.69, 9.17) is 0 Å². The fraction of sp³-hybridized carbons (Fsp3) is 0.263. The number of nitrogens with zero attached hydrogens (tertiary/aromatic N) is 3. The Kier molecular flexibility index (Phi) is 4.91. The molecule has 1 N–H and O–H groups in total. The van der Waals surface area contributed by atoms with Crippen molar-refractivity contribution in [3.8, 4) is 0 Å². The predicted molar refractivity (Wildman–Crippen MR) is 92.6 cm³/mol. The molecule has 0 spiro atoms. The van der Waals surface area contributed by atoms with Crippen LogP contribution in [0.3, 0.4) is 0 Å². The number of aromatic nitrogens is 2. The van der Waals surface area contributed by atoms with Crippen LogP contribution in [0.2, 0.25) is 0 Å². The molecule has 0 bridgehead atoms. The summed E-state index contributed by atoms with van der Waals surface area (Å²) in [6, 6.07) is 15.5. The normalized spacial score (nSPS) is 12.2. The van der Waals surface area contributed by atoms with E-state index >= 15 is 0 Å². The molecule has 1 aromatic carbocycles. The standard InChI is InChI=1S/C19H21N3O2/c1-15(14-23)12-21(13-16-7-3-2-4-8-16)19(24)17-11-20-18-9-5-6-10-22(17)18/h2-11,15,23H,12-14H2,1H3. The van der Waals surface area contributed by atoms with Crippen molar-refractivity contribution in [2.75, 3.05) is 13.2 Å². The van der Waals surface area contributed by atoms with E-state index in [9.17, 15) is 9.90 Å². The monoisotopic (exact) mass is 323 g/mol. The van der Waals surface area contributed by atoms with Crippen LogP contribution in [0.1, 0.15) is 23.0 Å². The first-order chi connectivity index (χ1) is 11.7. The van der Waals surface area contributed by atoms with E-state index in [1.807, 2.05) is 61.7 Å². The molecule has 1 amide bonds. The summed E-state index contributed by atoms with van der Waals surface area (Å²) in [4.78, 5) is 19.1. The largest absolute Gasteiger partial charge is 0.396 e. The Morgan fingerprint density at radius 2 is 1.96 bits per heavy atom. The zero-order valence-electron chi connectivity index (χ0n) is 13.7. The van der Waals surface area contributed by atoms with Gasteiger partial charge in [0.2, 0.25) is 0 Å². The fourth-order valence-corrected chi connectivity index (χ4v) is 2.71. The van der Waals surface area contributed by atoms with Crippen molar-refractivity contribution in [3.05, 3.63) is 72.2 Å². The fourth-order valence-electron chi connectivity index (χ4n) is 2.71. The quantitative estimate of drug-likeness (QED) is 0.758. The van der Waals surface area contributed by atoms with Crippen LogP contribution in [-0.2, 0) is 6.54 Å². The molecule has 3 aromatic rings. The van der Waals surface area contributed by atoms with E-state index in [0.717, 1.165) is 11.2 Å². The maximum absolute atomic E-state index is 13.1. The Labute approximate surface area is 141 Å². The van der Waals surface area contributed by atoms with Crippen molar-refractivity contribution in [3.63, 3.8) is 0 Å². The van der Waals surface area contributed by atoms with Gasteiger partial charge in [0, 0.05) is 25.9 Å². The molecule has 0 fully saturated rings. The van der Waals surface area contributed by atoms with Gasteiger partial charge in [-0.25, -0.2) is 4.98 Å². The van der Waals surface area contributed by atoms with Gasteiger partial charge in [-0.3, -0.25) is 9.20 Å². The van der Waals surface area contributed by atoms with Crippen LogP contribution in [0.25, 0.3) is 5.65 Å². The number of amides is 1. The zero-order valence-corrected chi connectivity index (χ0v) is 13.7. The number of carbonyl (C=O) groups excluding carboxylic acids is 1. The van der Waals surface area contributed by atoms with E-state index in [-0.39, 0.29) is 18.4 Å². The van der Waals surface area contributed by atoms with Crippen LogP contribution in [0, 0.1) is 5.92 Å². The SMILES string of the molecule is CC(CO)CN(Cc1ccccc1)C(=O)c1cnc2ccccn12. The van der Waals surface area contributed by atoms with Gasteiger partial charge in [0.15, 0.2) is 0 Å². The number of benzene rings is 1. The number of hydrogen-bond acceptors (Lipinski definition) is 3. The van der Waals surface area contributed by atoms with Crippen LogP contribution in [0.5, 0.6) is 0 Å². The second-order valence-corrected chi connectivity index (χ2v) is 6.03. The molecule has 0 aliphatic heterocycles. The summed E-state index contributed by atoms with van der Waals surface area (Å²) >= 11 is 0. The lowest BCUT2D eigenvalue weighted by Gasteiger charge is -2.25. The maximum atomic E-state index is 13.1. The van der Waals surface area contributed by atoms with Gasteiger partial charge < -0.3 is 10.0 Å². The second-order valence-electron chi connectivity index (χ2n) is 6.03. The van der Waals surface area contributed by atoms with Crippen LogP contribution >= 0.6 is 0 Å². The summed E-state index contributed by atoms with van der Waals surface area (Å²) in [5.74, 6) is -0.0744. The molecule has 0 aliphatic carbocycles. The van der Waals surface area contributed by atoms with E-state index in [2.05, 4.69) is 4.98 Å². The molecule has 5 heteroatoms. The molecular formula is C19H21N3O2. The number of imidazole rings is 1. The van der Waals surface area contributed by atoms with E-state index < -0.39 is 0 Å². The van der Waals surface area contributed by atoms with E-state index in [1.54, 1.807) is 15.5 Å². The van der Waals surface area contributed by atoms with Crippen molar-refractivity contribution in [1.29, 1.82) is 0 Å². The lowest BCUT2D eigenvalue weighted by Crippen LogP contribution is -2.35. The highest BCUT2D eigenvalue weighted by atomic mass is 16.3. The zero-order chi connectivity index (χ0) is 16.9. The molecule has 2 heterocycles. The number of fused-ring (bicyclic) bond motifs is 1. The molecular weight excluding hydrogens is 302 g/mol. The van der Waals surface area contributed by atoms with Gasteiger partial charge in [-0.1, -0.05) is 43.3 Å². The minimum absolute atomic E-state index is 0.0110. The summed E-state index contributed by atoms with van der Waals surface area (Å²) in [5.41, 5.74) is 2.34. The van der Waals surface area contributed by atoms with Crippen molar-refractivity contribution in [2.45, 2.75) is 13.5 Å². The van der Waals surface area contributed by atoms with Crippen molar-refractivity contribution in [2.24, 2.45) is 5.92 Å². The number of aliphatic hydroxyl groups is 1. The molecule has 0 saturated heterocycles. The highest BCUT2D eigenvalue weighted by molar-refractivity contribution is 5.93. The minimum Gasteiger partial charge on any atom is -0.396 e. The first-order valence-corrected chi connectivity index (χ1v) is 8.05. The summed E-state index contributed by atoms with van der Waals surface area (Å²) in [6.07, 6.45) is 3.45. The first-order valence-electron chi connectivity index (χ1n) is 8.05. The van der Waals surface area contributed by atoms with Crippen LogP contribution in [-0.4, -0.2) is 38.4 Å². The number of hydrogen-bond donors (Lipinski definition) is 1. The van der Waals surface area contributed by atoms with E-state index in [0.29, 0.717) is 18.8 Å². The summed E-state index contributed by atoms with van der Waals surface area (Å²) < 4.78 is 1.80. The molecule has 0 aliphatic rings. The minimum atomic E-state index is -0.0853. The molecule has 0 saturated carbocycles. The van der Waals surface area contributed by atoms with Crippen LogP contribution < -0.4 is 0 Å². The Hall–Kier alpha value is -2.66. The second kappa shape index (κ2) is 7.27. The van der Waals surface area contributed by atoms with Crippen molar-refractivity contribution >= 4 is 11.6 Å². The van der Waals surface area contributed by atoms with Crippen LogP contribution in [0.4, 0.5) is 0 Å². The van der Waals surface area contributed by atoms with E-state index in [1.165, 1.54) is 0 Å². The molecule has 24 heavy (non-hydrogen) atoms. The van der Waals surface area contributed by atoms with Gasteiger partial charge >= 0.3 is 0 Å². The van der Waals surface area contributed by atoms with Gasteiger partial charge in [0.25, 0.3) is 5.91 Å². The lowest BCUT2D eigenvalue weighted by molar-refractivity contribution is 0.0687. The van der Waals surface area contributed by atoms with Crippen molar-refractivity contribution in [1.82, 2.24) is 14.3 Å². The first kappa shape index (κ1) is 16.2. The predicted octanol–water partition coefficient (Wildman–Crippen LogP) is 2.61.